The van der Waals surface area contributed by atoms with E-state index in [9.17, 15) is 14.4 Å². The molecule has 1 amide bonds. The highest BCUT2D eigenvalue weighted by molar-refractivity contribution is 6.41. The number of benzene rings is 2. The molecule has 31 heavy (non-hydrogen) atoms. The minimum absolute atomic E-state index is 0.204. The molecule has 0 spiro atoms. The van der Waals surface area contributed by atoms with Crippen LogP contribution in [0.5, 0.6) is 0 Å². The van der Waals surface area contributed by atoms with Crippen molar-refractivity contribution in [2.24, 2.45) is 0 Å². The maximum Gasteiger partial charge on any atom is 0.337 e. The molecular weight excluding hydrogens is 416 g/mol. The van der Waals surface area contributed by atoms with E-state index >= 15 is 0 Å². The monoisotopic (exact) mass is 432 g/mol. The third kappa shape index (κ3) is 3.98. The number of ketones is 1. The first-order valence-electron chi connectivity index (χ1n) is 9.43. The van der Waals surface area contributed by atoms with Crippen LogP contribution in [0, 0.1) is 0 Å². The molecule has 1 aliphatic rings. The van der Waals surface area contributed by atoms with E-state index < -0.39 is 5.97 Å². The highest BCUT2D eigenvalue weighted by Crippen LogP contribution is 2.42. The largest absolute Gasteiger partial charge is 0.465 e. The molecule has 0 N–H and O–H groups in total. The molecule has 1 aromatic heterocycles. The summed E-state index contributed by atoms with van der Waals surface area (Å²) in [5, 5.41) is 0.377. The molecule has 0 bridgehead atoms. The van der Waals surface area contributed by atoms with Gasteiger partial charge in [-0.3, -0.25) is 14.6 Å². The Morgan fingerprint density at radius 1 is 1.10 bits per heavy atom. The molecule has 0 saturated carbocycles. The summed E-state index contributed by atoms with van der Waals surface area (Å²) < 4.78 is 4.77. The van der Waals surface area contributed by atoms with Gasteiger partial charge in [-0.25, -0.2) is 4.79 Å². The molecule has 6 nitrogen and oxygen atoms in total. The standard InChI is InChI=1S/C24H17ClN2O4/c1-31-24(30)16-6-2-5-15(11-16)14-27-20-9-3-8-19(25)22(20)18(23(27)29)12-21(28)17-7-4-10-26-13-17/h2-13H,14H2,1H3. The number of anilines is 1. The van der Waals surface area contributed by atoms with Crippen LogP contribution in [0.2, 0.25) is 5.02 Å². The lowest BCUT2D eigenvalue weighted by Crippen LogP contribution is -2.26. The molecule has 0 fully saturated rings. The summed E-state index contributed by atoms with van der Waals surface area (Å²) in [6, 6.07) is 15.3. The Morgan fingerprint density at radius 3 is 2.61 bits per heavy atom. The van der Waals surface area contributed by atoms with Crippen molar-refractivity contribution in [2.45, 2.75) is 6.54 Å². The van der Waals surface area contributed by atoms with Crippen molar-refractivity contribution in [2.75, 3.05) is 12.0 Å². The van der Waals surface area contributed by atoms with E-state index in [1.54, 1.807) is 59.6 Å². The number of esters is 1. The number of hydrogen-bond donors (Lipinski definition) is 0. The average Bonchev–Trinajstić information content (AvgIpc) is 3.06. The van der Waals surface area contributed by atoms with Gasteiger partial charge < -0.3 is 9.64 Å². The van der Waals surface area contributed by atoms with Gasteiger partial charge in [-0.05, 0) is 48.0 Å². The Balaban J connectivity index is 1.72. The van der Waals surface area contributed by atoms with E-state index in [-0.39, 0.29) is 23.8 Å². The van der Waals surface area contributed by atoms with Gasteiger partial charge in [0.05, 0.1) is 35.5 Å². The predicted molar refractivity (Wildman–Crippen MR) is 117 cm³/mol. The van der Waals surface area contributed by atoms with Crippen molar-refractivity contribution in [1.29, 1.82) is 0 Å². The molecule has 3 aromatic rings. The van der Waals surface area contributed by atoms with E-state index in [2.05, 4.69) is 4.98 Å². The van der Waals surface area contributed by atoms with Gasteiger partial charge in [-0.2, -0.15) is 0 Å². The third-order valence-corrected chi connectivity index (χ3v) is 5.25. The minimum atomic E-state index is -0.458. The van der Waals surface area contributed by atoms with Crippen LogP contribution in [0.3, 0.4) is 0 Å². The van der Waals surface area contributed by atoms with Crippen molar-refractivity contribution in [3.8, 4) is 0 Å². The minimum Gasteiger partial charge on any atom is -0.465 e. The highest BCUT2D eigenvalue weighted by atomic mass is 35.5. The Labute approximate surface area is 183 Å². The van der Waals surface area contributed by atoms with Crippen LogP contribution in [-0.2, 0) is 16.1 Å². The van der Waals surface area contributed by atoms with Gasteiger partial charge in [-0.15, -0.1) is 0 Å². The first-order valence-corrected chi connectivity index (χ1v) is 9.81. The topological polar surface area (TPSA) is 76.6 Å². The Bertz CT molecular complexity index is 1220. The number of carbonyl (C=O) groups excluding carboxylic acids is 3. The number of ether oxygens (including phenoxy) is 1. The molecule has 4 rings (SSSR count). The van der Waals surface area contributed by atoms with E-state index in [1.165, 1.54) is 19.4 Å². The number of amides is 1. The van der Waals surface area contributed by atoms with Gasteiger partial charge >= 0.3 is 5.97 Å². The second kappa shape index (κ2) is 8.53. The van der Waals surface area contributed by atoms with Crippen LogP contribution < -0.4 is 4.90 Å². The summed E-state index contributed by atoms with van der Waals surface area (Å²) >= 11 is 6.41. The molecule has 0 radical (unpaired) electrons. The van der Waals surface area contributed by atoms with Crippen LogP contribution in [0.25, 0.3) is 5.57 Å². The van der Waals surface area contributed by atoms with Gasteiger partial charge in [0, 0.05) is 23.5 Å². The average molecular weight is 433 g/mol. The summed E-state index contributed by atoms with van der Waals surface area (Å²) in [6.07, 6.45) is 4.32. The van der Waals surface area contributed by atoms with Gasteiger partial charge in [0.1, 0.15) is 0 Å². The molecule has 2 heterocycles. The molecule has 0 saturated heterocycles. The van der Waals surface area contributed by atoms with Crippen molar-refractivity contribution in [1.82, 2.24) is 4.98 Å². The van der Waals surface area contributed by atoms with Gasteiger partial charge in [0.25, 0.3) is 5.91 Å². The highest BCUT2D eigenvalue weighted by Gasteiger charge is 2.34. The van der Waals surface area contributed by atoms with E-state index in [1.807, 2.05) is 6.07 Å². The maximum atomic E-state index is 13.3. The summed E-state index contributed by atoms with van der Waals surface area (Å²) in [5.74, 6) is -1.14. The number of nitrogens with zero attached hydrogens (tertiary/aromatic N) is 2. The SMILES string of the molecule is COC(=O)c1cccc(CN2C(=O)C(=CC(=O)c3cccnc3)c3c(Cl)cccc32)c1. The van der Waals surface area contributed by atoms with Crippen LogP contribution in [-0.4, -0.2) is 29.8 Å². The summed E-state index contributed by atoms with van der Waals surface area (Å²) in [7, 11) is 1.31. The van der Waals surface area contributed by atoms with Crippen molar-refractivity contribution in [3.63, 3.8) is 0 Å². The number of halogens is 1. The molecule has 0 aliphatic carbocycles. The van der Waals surface area contributed by atoms with Gasteiger partial charge in [0.2, 0.25) is 0 Å². The Morgan fingerprint density at radius 2 is 1.87 bits per heavy atom. The molecular formula is C24H17ClN2O4. The smallest absolute Gasteiger partial charge is 0.337 e. The number of fused-ring (bicyclic) bond motifs is 1. The normalized spacial score (nSPS) is 13.9. The zero-order valence-corrected chi connectivity index (χ0v) is 17.3. The molecule has 1 aliphatic heterocycles. The summed E-state index contributed by atoms with van der Waals surface area (Å²) in [6.45, 7) is 0.204. The molecule has 0 atom stereocenters. The number of carbonyl (C=O) groups is 3. The number of methoxy groups -OCH3 is 1. The fraction of sp³-hybridized carbons (Fsp3) is 0.0833. The molecule has 2 aromatic carbocycles. The third-order valence-electron chi connectivity index (χ3n) is 4.94. The fourth-order valence-electron chi connectivity index (χ4n) is 3.48. The second-order valence-electron chi connectivity index (χ2n) is 6.88. The van der Waals surface area contributed by atoms with Crippen LogP contribution in [0.15, 0.2) is 73.1 Å². The van der Waals surface area contributed by atoms with Crippen LogP contribution in [0.1, 0.15) is 31.8 Å². The Kier molecular flexibility index (Phi) is 5.64. The fourth-order valence-corrected chi connectivity index (χ4v) is 3.75. The first-order chi connectivity index (χ1) is 15.0. The lowest BCUT2D eigenvalue weighted by atomic mass is 10.0. The number of allylic oxidation sites excluding steroid dienone is 1. The lowest BCUT2D eigenvalue weighted by Gasteiger charge is -2.17. The second-order valence-corrected chi connectivity index (χ2v) is 7.29. The number of aromatic nitrogens is 1. The number of pyridine rings is 1. The van der Waals surface area contributed by atoms with E-state index in [0.29, 0.717) is 27.4 Å². The zero-order chi connectivity index (χ0) is 22.0. The quantitative estimate of drug-likeness (QED) is 0.340. The molecule has 7 heteroatoms. The maximum absolute atomic E-state index is 13.3. The molecule has 154 valence electrons. The first kappa shape index (κ1) is 20.5. The Hall–Kier alpha value is -3.77. The van der Waals surface area contributed by atoms with Crippen molar-refractivity contribution >= 4 is 40.5 Å². The van der Waals surface area contributed by atoms with Gasteiger partial charge in [-0.1, -0.05) is 29.8 Å². The van der Waals surface area contributed by atoms with Crippen LogP contribution >= 0.6 is 11.6 Å². The molecule has 0 unspecified atom stereocenters. The van der Waals surface area contributed by atoms with Crippen molar-refractivity contribution < 1.29 is 19.1 Å². The van der Waals surface area contributed by atoms with Crippen molar-refractivity contribution in [3.05, 3.63) is 100 Å². The lowest BCUT2D eigenvalue weighted by molar-refractivity contribution is -0.113. The predicted octanol–water partition coefficient (Wildman–Crippen LogP) is 4.33. The summed E-state index contributed by atoms with van der Waals surface area (Å²) in [4.78, 5) is 43.3. The number of hydrogen-bond acceptors (Lipinski definition) is 5. The summed E-state index contributed by atoms with van der Waals surface area (Å²) in [5.41, 5.74) is 2.84. The van der Waals surface area contributed by atoms with E-state index in [0.717, 1.165) is 5.56 Å². The zero-order valence-electron chi connectivity index (χ0n) is 16.5. The van der Waals surface area contributed by atoms with Crippen LogP contribution in [0.4, 0.5) is 5.69 Å². The van der Waals surface area contributed by atoms with E-state index in [4.69, 9.17) is 16.3 Å². The number of rotatable bonds is 5. The van der Waals surface area contributed by atoms with Gasteiger partial charge in [0.15, 0.2) is 5.78 Å².